The maximum Gasteiger partial charge on any atom is 0.165 e. The number of para-hydroxylation sites is 4. The van der Waals surface area contributed by atoms with Gasteiger partial charge in [0.2, 0.25) is 0 Å². The molecule has 0 spiro atoms. The van der Waals surface area contributed by atoms with Crippen LogP contribution >= 0.6 is 0 Å². The van der Waals surface area contributed by atoms with E-state index in [0.29, 0.717) is 0 Å². The third-order valence-corrected chi connectivity index (χ3v) is 8.74. The summed E-state index contributed by atoms with van der Waals surface area (Å²) in [5.41, 5.74) is 12.4. The van der Waals surface area contributed by atoms with Crippen molar-refractivity contribution in [1.29, 1.82) is 0 Å². The van der Waals surface area contributed by atoms with Gasteiger partial charge in [0.25, 0.3) is 0 Å². The molecule has 4 heterocycles. The van der Waals surface area contributed by atoms with Gasteiger partial charge in [0.15, 0.2) is 5.82 Å². The Morgan fingerprint density at radius 3 is 2.07 bits per heavy atom. The number of fused-ring (bicyclic) bond motifs is 12. The molecule has 6 aromatic carbocycles. The fourth-order valence-corrected chi connectivity index (χ4v) is 7.01. The molecule has 0 atom stereocenters. The SMILES string of the molecule is c1ccc2c(c1)-c1nc3ccccc3nc1-n1c3ccccc3c3ccc(-c4cccc5oc6ccccc6c45)c-2c31. The Bertz CT molecular complexity index is 2590. The van der Waals surface area contributed by atoms with Crippen LogP contribution in [0.3, 0.4) is 0 Å². The molecule has 4 nitrogen and oxygen atoms in total. The smallest absolute Gasteiger partial charge is 0.165 e. The zero-order chi connectivity index (χ0) is 27.4. The van der Waals surface area contributed by atoms with Crippen LogP contribution in [0.15, 0.2) is 132 Å². The van der Waals surface area contributed by atoms with Gasteiger partial charge in [-0.1, -0.05) is 97.1 Å². The minimum Gasteiger partial charge on any atom is -0.456 e. The predicted molar refractivity (Wildman–Crippen MR) is 171 cm³/mol. The summed E-state index contributed by atoms with van der Waals surface area (Å²) in [7, 11) is 0. The second-order valence-corrected chi connectivity index (χ2v) is 10.9. The lowest BCUT2D eigenvalue weighted by Gasteiger charge is -2.15. The summed E-state index contributed by atoms with van der Waals surface area (Å²) in [6, 6.07) is 44.7. The monoisotopic (exact) mass is 535 g/mol. The first-order valence-corrected chi connectivity index (χ1v) is 14.2. The molecule has 0 unspecified atom stereocenters. The average Bonchev–Trinajstić information content (AvgIpc) is 3.56. The van der Waals surface area contributed by atoms with Crippen LogP contribution in [0.5, 0.6) is 0 Å². The second-order valence-electron chi connectivity index (χ2n) is 10.9. The van der Waals surface area contributed by atoms with Crippen molar-refractivity contribution < 1.29 is 4.42 Å². The van der Waals surface area contributed by atoms with Gasteiger partial charge < -0.3 is 4.42 Å². The van der Waals surface area contributed by atoms with Crippen molar-refractivity contribution in [3.8, 4) is 39.3 Å². The molecule has 0 fully saturated rings. The minimum atomic E-state index is 0.857. The molecule has 42 heavy (non-hydrogen) atoms. The third kappa shape index (κ3) is 2.76. The Morgan fingerprint density at radius 2 is 1.17 bits per heavy atom. The van der Waals surface area contributed by atoms with Crippen molar-refractivity contribution in [1.82, 2.24) is 14.5 Å². The number of furan rings is 1. The van der Waals surface area contributed by atoms with E-state index in [1.807, 2.05) is 36.4 Å². The Labute approximate surface area is 240 Å². The van der Waals surface area contributed by atoms with Gasteiger partial charge in [-0.2, -0.15) is 0 Å². The van der Waals surface area contributed by atoms with Gasteiger partial charge in [-0.05, 0) is 47.0 Å². The fraction of sp³-hybridized carbons (Fsp3) is 0. The zero-order valence-corrected chi connectivity index (χ0v) is 22.4. The Kier molecular flexibility index (Phi) is 4.15. The first-order chi connectivity index (χ1) is 20.8. The van der Waals surface area contributed by atoms with Crippen LogP contribution in [0.1, 0.15) is 0 Å². The van der Waals surface area contributed by atoms with E-state index >= 15 is 0 Å². The molecule has 0 saturated carbocycles. The van der Waals surface area contributed by atoms with Crippen molar-refractivity contribution in [2.45, 2.75) is 0 Å². The van der Waals surface area contributed by atoms with Crippen LogP contribution < -0.4 is 0 Å². The molecule has 4 heteroatoms. The van der Waals surface area contributed by atoms with Crippen molar-refractivity contribution in [2.75, 3.05) is 0 Å². The first kappa shape index (κ1) is 22.0. The Balaban J connectivity index is 1.46. The lowest BCUT2D eigenvalue weighted by Crippen LogP contribution is -2.02. The number of benzene rings is 6. The zero-order valence-electron chi connectivity index (χ0n) is 22.4. The lowest BCUT2D eigenvalue weighted by molar-refractivity contribution is 0.669. The van der Waals surface area contributed by atoms with Gasteiger partial charge in [0.05, 0.1) is 22.1 Å². The molecule has 194 valence electrons. The highest BCUT2D eigenvalue weighted by molar-refractivity contribution is 6.21. The van der Waals surface area contributed by atoms with E-state index < -0.39 is 0 Å². The molecule has 1 aliphatic heterocycles. The van der Waals surface area contributed by atoms with Crippen LogP contribution in [0.25, 0.3) is 94.1 Å². The van der Waals surface area contributed by atoms with Gasteiger partial charge in [0, 0.05) is 32.7 Å². The molecule has 0 amide bonds. The van der Waals surface area contributed by atoms with Crippen molar-refractivity contribution in [3.63, 3.8) is 0 Å². The summed E-state index contributed by atoms with van der Waals surface area (Å²) < 4.78 is 8.66. The van der Waals surface area contributed by atoms with E-state index in [1.54, 1.807) is 0 Å². The summed E-state index contributed by atoms with van der Waals surface area (Å²) >= 11 is 0. The molecule has 1 aliphatic rings. The number of aromatic nitrogens is 3. The van der Waals surface area contributed by atoms with E-state index in [4.69, 9.17) is 14.4 Å². The van der Waals surface area contributed by atoms with E-state index in [1.165, 1.54) is 16.3 Å². The van der Waals surface area contributed by atoms with Crippen molar-refractivity contribution in [3.05, 3.63) is 127 Å². The summed E-state index contributed by atoms with van der Waals surface area (Å²) in [5.74, 6) is 0.857. The highest BCUT2D eigenvalue weighted by atomic mass is 16.3. The van der Waals surface area contributed by atoms with Crippen LogP contribution in [0.4, 0.5) is 0 Å². The average molecular weight is 536 g/mol. The second kappa shape index (κ2) is 7.93. The minimum absolute atomic E-state index is 0.857. The maximum atomic E-state index is 6.33. The molecule has 0 aliphatic carbocycles. The summed E-state index contributed by atoms with van der Waals surface area (Å²) in [6.45, 7) is 0. The molecule has 10 rings (SSSR count). The number of hydrogen-bond acceptors (Lipinski definition) is 3. The van der Waals surface area contributed by atoms with Crippen LogP contribution in [0.2, 0.25) is 0 Å². The van der Waals surface area contributed by atoms with Crippen LogP contribution in [-0.4, -0.2) is 14.5 Å². The van der Waals surface area contributed by atoms with Crippen LogP contribution in [0, 0.1) is 0 Å². The highest BCUT2D eigenvalue weighted by Gasteiger charge is 2.29. The summed E-state index contributed by atoms with van der Waals surface area (Å²) in [4.78, 5) is 10.6. The van der Waals surface area contributed by atoms with Gasteiger partial charge in [-0.3, -0.25) is 4.57 Å². The topological polar surface area (TPSA) is 43.9 Å². The molecule has 3 aromatic heterocycles. The van der Waals surface area contributed by atoms with Gasteiger partial charge in [-0.25, -0.2) is 9.97 Å². The number of nitrogens with zero attached hydrogens (tertiary/aromatic N) is 3. The largest absolute Gasteiger partial charge is 0.456 e. The molecular formula is C38H21N3O. The number of hydrogen-bond donors (Lipinski definition) is 0. The lowest BCUT2D eigenvalue weighted by atomic mass is 9.88. The van der Waals surface area contributed by atoms with Gasteiger partial charge in [0.1, 0.15) is 16.9 Å². The Morgan fingerprint density at radius 1 is 0.476 bits per heavy atom. The van der Waals surface area contributed by atoms with Crippen molar-refractivity contribution >= 4 is 54.8 Å². The quantitative estimate of drug-likeness (QED) is 0.210. The van der Waals surface area contributed by atoms with Crippen LogP contribution in [-0.2, 0) is 0 Å². The fourth-order valence-electron chi connectivity index (χ4n) is 7.01. The van der Waals surface area contributed by atoms with Gasteiger partial charge in [-0.15, -0.1) is 0 Å². The van der Waals surface area contributed by atoms with E-state index in [2.05, 4.69) is 95.6 Å². The Hall–Kier alpha value is -5.74. The van der Waals surface area contributed by atoms with E-state index in [-0.39, 0.29) is 0 Å². The molecule has 0 N–H and O–H groups in total. The first-order valence-electron chi connectivity index (χ1n) is 14.2. The standard InChI is InChI=1S/C38H21N3O/c1-2-12-26-24(11-1)35-25(23-14-9-19-33-34(23)28-13-4-8-18-32(28)42-33)20-21-27-22-10-3-7-17-31(22)41(37(27)35)38-36(26)39-29-15-5-6-16-30(29)40-38/h1-21H. The molecule has 9 aromatic rings. The highest BCUT2D eigenvalue weighted by Crippen LogP contribution is 2.50. The summed E-state index contributed by atoms with van der Waals surface area (Å²) in [5, 5.41) is 4.65. The third-order valence-electron chi connectivity index (χ3n) is 8.74. The number of rotatable bonds is 1. The maximum absolute atomic E-state index is 6.33. The predicted octanol–water partition coefficient (Wildman–Crippen LogP) is 9.94. The summed E-state index contributed by atoms with van der Waals surface area (Å²) in [6.07, 6.45) is 0. The van der Waals surface area contributed by atoms with E-state index in [0.717, 1.165) is 77.8 Å². The molecule has 0 radical (unpaired) electrons. The van der Waals surface area contributed by atoms with Gasteiger partial charge >= 0.3 is 0 Å². The molecule has 0 saturated heterocycles. The normalized spacial score (nSPS) is 12.3. The molecule has 0 bridgehead atoms. The van der Waals surface area contributed by atoms with E-state index in [9.17, 15) is 0 Å². The van der Waals surface area contributed by atoms with Crippen molar-refractivity contribution in [2.24, 2.45) is 0 Å². The molecular weight excluding hydrogens is 514 g/mol.